The van der Waals surface area contributed by atoms with Gasteiger partial charge in [0.05, 0.1) is 6.26 Å². The van der Waals surface area contributed by atoms with Crippen LogP contribution in [0, 0.1) is 5.92 Å². The molecule has 0 unspecified atom stereocenters. The van der Waals surface area contributed by atoms with Gasteiger partial charge in [0.1, 0.15) is 6.10 Å². The Balaban J connectivity index is 3.78. The summed E-state index contributed by atoms with van der Waals surface area (Å²) < 4.78 is 5.27. The molecular formula is C10H18O. The van der Waals surface area contributed by atoms with Gasteiger partial charge < -0.3 is 4.74 Å². The van der Waals surface area contributed by atoms with Gasteiger partial charge in [-0.1, -0.05) is 26.5 Å². The zero-order chi connectivity index (χ0) is 8.69. The molecule has 0 heterocycles. The Bertz CT molecular complexity index is 125. The van der Waals surface area contributed by atoms with Crippen LogP contribution in [-0.2, 0) is 4.74 Å². The Hall–Kier alpha value is -0.720. The van der Waals surface area contributed by atoms with E-state index in [1.165, 1.54) is 6.26 Å². The third-order valence-electron chi connectivity index (χ3n) is 1.38. The fraction of sp³-hybridized carbons (Fsp3) is 0.600. The third-order valence-corrected chi connectivity index (χ3v) is 1.38. The van der Waals surface area contributed by atoms with Crippen LogP contribution in [0.4, 0.5) is 0 Å². The molecule has 0 aliphatic rings. The molecular weight excluding hydrogens is 136 g/mol. The van der Waals surface area contributed by atoms with Crippen molar-refractivity contribution >= 4 is 0 Å². The van der Waals surface area contributed by atoms with Crippen molar-refractivity contribution in [1.82, 2.24) is 0 Å². The number of allylic oxidation sites excluding steroid dienone is 1. The van der Waals surface area contributed by atoms with Gasteiger partial charge in [0.2, 0.25) is 0 Å². The Labute approximate surface area is 69.8 Å². The lowest BCUT2D eigenvalue weighted by molar-refractivity contribution is 0.164. The van der Waals surface area contributed by atoms with Gasteiger partial charge in [-0.15, -0.1) is 0 Å². The van der Waals surface area contributed by atoms with Crippen LogP contribution in [-0.4, -0.2) is 6.10 Å². The van der Waals surface area contributed by atoms with E-state index in [1.807, 2.05) is 13.0 Å². The zero-order valence-corrected chi connectivity index (χ0v) is 7.71. The molecule has 1 atom stereocenters. The first-order chi connectivity index (χ1) is 5.20. The molecule has 0 aromatic rings. The maximum atomic E-state index is 5.27. The minimum atomic E-state index is 0.206. The molecule has 0 aliphatic heterocycles. The van der Waals surface area contributed by atoms with E-state index in [9.17, 15) is 0 Å². The van der Waals surface area contributed by atoms with Crippen molar-refractivity contribution in [3.8, 4) is 0 Å². The summed E-state index contributed by atoms with van der Waals surface area (Å²) in [6, 6.07) is 0. The van der Waals surface area contributed by atoms with Gasteiger partial charge in [-0.05, 0) is 25.3 Å². The first-order valence-corrected chi connectivity index (χ1v) is 4.09. The van der Waals surface area contributed by atoms with E-state index in [2.05, 4.69) is 26.5 Å². The summed E-state index contributed by atoms with van der Waals surface area (Å²) in [5.74, 6) is 0.663. The largest absolute Gasteiger partial charge is 0.495 e. The van der Waals surface area contributed by atoms with E-state index >= 15 is 0 Å². The lowest BCUT2D eigenvalue weighted by Crippen LogP contribution is -2.09. The molecule has 0 spiro atoms. The highest BCUT2D eigenvalue weighted by Crippen LogP contribution is 2.09. The number of hydrogen-bond acceptors (Lipinski definition) is 1. The van der Waals surface area contributed by atoms with Gasteiger partial charge in [-0.2, -0.15) is 0 Å². The molecule has 0 saturated heterocycles. The molecule has 0 aromatic heterocycles. The molecule has 1 nitrogen and oxygen atoms in total. The van der Waals surface area contributed by atoms with Crippen molar-refractivity contribution in [2.45, 2.75) is 33.3 Å². The van der Waals surface area contributed by atoms with Crippen LogP contribution in [0.3, 0.4) is 0 Å². The molecule has 0 fully saturated rings. The highest BCUT2D eigenvalue weighted by molar-refractivity contribution is 4.88. The average molecular weight is 154 g/mol. The summed E-state index contributed by atoms with van der Waals surface area (Å²) in [6.45, 7) is 9.90. The highest BCUT2D eigenvalue weighted by Gasteiger charge is 2.05. The van der Waals surface area contributed by atoms with Crippen LogP contribution >= 0.6 is 0 Å². The molecule has 0 radical (unpaired) electrons. The minimum absolute atomic E-state index is 0.206. The zero-order valence-electron chi connectivity index (χ0n) is 7.71. The SMILES string of the molecule is C=CO[C@@H](/C=C/C)CC(C)C. The molecule has 0 N–H and O–H groups in total. The highest BCUT2D eigenvalue weighted by atomic mass is 16.5. The summed E-state index contributed by atoms with van der Waals surface area (Å²) in [5, 5.41) is 0. The molecule has 0 rings (SSSR count). The van der Waals surface area contributed by atoms with Crippen molar-refractivity contribution in [3.05, 3.63) is 25.0 Å². The molecule has 0 aromatic carbocycles. The van der Waals surface area contributed by atoms with Crippen LogP contribution in [0.25, 0.3) is 0 Å². The molecule has 0 amide bonds. The van der Waals surface area contributed by atoms with Gasteiger partial charge >= 0.3 is 0 Å². The van der Waals surface area contributed by atoms with Crippen LogP contribution < -0.4 is 0 Å². The fourth-order valence-electron chi connectivity index (χ4n) is 0.982. The predicted molar refractivity (Wildman–Crippen MR) is 49.3 cm³/mol. The van der Waals surface area contributed by atoms with E-state index < -0.39 is 0 Å². The third kappa shape index (κ3) is 5.71. The molecule has 0 bridgehead atoms. The minimum Gasteiger partial charge on any atom is -0.495 e. The van der Waals surface area contributed by atoms with E-state index in [0.717, 1.165) is 6.42 Å². The maximum absolute atomic E-state index is 5.27. The molecule has 0 saturated carbocycles. The Morgan fingerprint density at radius 2 is 2.09 bits per heavy atom. The lowest BCUT2D eigenvalue weighted by atomic mass is 10.1. The summed E-state index contributed by atoms with van der Waals surface area (Å²) in [4.78, 5) is 0. The average Bonchev–Trinajstić information content (AvgIpc) is 1.87. The van der Waals surface area contributed by atoms with Crippen molar-refractivity contribution < 1.29 is 4.74 Å². The second-order valence-electron chi connectivity index (χ2n) is 3.00. The smallest absolute Gasteiger partial charge is 0.116 e. The van der Waals surface area contributed by atoms with Crippen LogP contribution in [0.2, 0.25) is 0 Å². The van der Waals surface area contributed by atoms with Gasteiger partial charge in [-0.25, -0.2) is 0 Å². The van der Waals surface area contributed by atoms with Gasteiger partial charge in [0.15, 0.2) is 0 Å². The van der Waals surface area contributed by atoms with Crippen molar-refractivity contribution in [1.29, 1.82) is 0 Å². The normalized spacial score (nSPS) is 13.8. The van der Waals surface area contributed by atoms with Crippen molar-refractivity contribution in [3.63, 3.8) is 0 Å². The standard InChI is InChI=1S/C10H18O/c1-5-7-10(11-6-2)8-9(3)4/h5-7,9-10H,2,8H2,1,3-4H3/b7-5+/t10-/m0/s1. The lowest BCUT2D eigenvalue weighted by Gasteiger charge is -2.14. The second kappa shape index (κ2) is 6.02. The Morgan fingerprint density at radius 3 is 2.45 bits per heavy atom. The summed E-state index contributed by atoms with van der Waals surface area (Å²) in [5.41, 5.74) is 0. The van der Waals surface area contributed by atoms with Gasteiger partial charge in [0, 0.05) is 0 Å². The maximum Gasteiger partial charge on any atom is 0.116 e. The van der Waals surface area contributed by atoms with Crippen LogP contribution in [0.15, 0.2) is 25.0 Å². The molecule has 64 valence electrons. The monoisotopic (exact) mass is 154 g/mol. The Morgan fingerprint density at radius 1 is 1.45 bits per heavy atom. The van der Waals surface area contributed by atoms with E-state index in [-0.39, 0.29) is 6.10 Å². The summed E-state index contributed by atoms with van der Waals surface area (Å²) in [7, 11) is 0. The number of hydrogen-bond donors (Lipinski definition) is 0. The topological polar surface area (TPSA) is 9.23 Å². The van der Waals surface area contributed by atoms with Crippen LogP contribution in [0.5, 0.6) is 0 Å². The van der Waals surface area contributed by atoms with Crippen LogP contribution in [0.1, 0.15) is 27.2 Å². The van der Waals surface area contributed by atoms with E-state index in [4.69, 9.17) is 4.74 Å². The second-order valence-corrected chi connectivity index (χ2v) is 3.00. The van der Waals surface area contributed by atoms with Crippen molar-refractivity contribution in [2.75, 3.05) is 0 Å². The Kier molecular flexibility index (Phi) is 5.63. The van der Waals surface area contributed by atoms with Gasteiger partial charge in [0.25, 0.3) is 0 Å². The first kappa shape index (κ1) is 10.3. The quantitative estimate of drug-likeness (QED) is 0.436. The van der Waals surface area contributed by atoms with E-state index in [1.54, 1.807) is 0 Å². The number of ether oxygens (including phenoxy) is 1. The number of rotatable bonds is 5. The van der Waals surface area contributed by atoms with E-state index in [0.29, 0.717) is 5.92 Å². The first-order valence-electron chi connectivity index (χ1n) is 4.09. The van der Waals surface area contributed by atoms with Gasteiger partial charge in [-0.3, -0.25) is 0 Å². The summed E-state index contributed by atoms with van der Waals surface area (Å²) >= 11 is 0. The van der Waals surface area contributed by atoms with Crippen molar-refractivity contribution in [2.24, 2.45) is 5.92 Å². The predicted octanol–water partition coefficient (Wildman–Crippen LogP) is 3.14. The summed E-state index contributed by atoms with van der Waals surface area (Å²) in [6.07, 6.45) is 6.83. The molecule has 1 heteroatoms. The molecule has 0 aliphatic carbocycles. The molecule has 11 heavy (non-hydrogen) atoms. The fourth-order valence-corrected chi connectivity index (χ4v) is 0.982.